The molecule has 0 unspecified atom stereocenters. The predicted molar refractivity (Wildman–Crippen MR) is 67.4 cm³/mol. The minimum absolute atomic E-state index is 0.503. The number of H-pyrrole nitrogens is 1. The molecule has 1 N–H and O–H groups in total. The second-order valence-corrected chi connectivity index (χ2v) is 6.35. The van der Waals surface area contributed by atoms with Crippen molar-refractivity contribution in [2.45, 2.75) is 0 Å². The van der Waals surface area contributed by atoms with Gasteiger partial charge in [0.05, 0.1) is 0 Å². The van der Waals surface area contributed by atoms with Crippen LogP contribution in [0.5, 0.6) is 0 Å². The Morgan fingerprint density at radius 1 is 1.14 bits per heavy atom. The van der Waals surface area contributed by atoms with E-state index in [2.05, 4.69) is 30.0 Å². The largest absolute Gasteiger partial charge is 0.218 e. The molecule has 22 heavy (non-hydrogen) atoms. The zero-order valence-corrected chi connectivity index (χ0v) is 12.9. The number of aromatic amines is 1. The second kappa shape index (κ2) is 8.97. The number of halogens is 1. The first-order chi connectivity index (χ1) is 10.4. The molecule has 0 bridgehead atoms. The molecule has 0 aliphatic carbocycles. The van der Waals surface area contributed by atoms with E-state index in [1.54, 1.807) is 18.2 Å². The number of hydrogen-bond acceptors (Lipinski definition) is 7. The fraction of sp³-hybridized carbons (Fsp3) is 0. The first-order valence-electron chi connectivity index (χ1n) is 5.65. The molecule has 0 amide bonds. The number of carbonyl (C=O) groups excluding carboxylic acids is 1. The van der Waals surface area contributed by atoms with Crippen molar-refractivity contribution in [3.8, 4) is 0 Å². The molecular formula is C12H10ClCrN3O5. The van der Waals surface area contributed by atoms with Crippen LogP contribution in [0, 0.1) is 0 Å². The number of benzene rings is 1. The smallest absolute Gasteiger partial charge is 0.166 e. The fourth-order valence-electron chi connectivity index (χ4n) is 1.26. The van der Waals surface area contributed by atoms with E-state index in [0.717, 1.165) is 6.29 Å². The van der Waals surface area contributed by atoms with Crippen molar-refractivity contribution in [3.63, 3.8) is 0 Å². The maximum absolute atomic E-state index is 10.4. The van der Waals surface area contributed by atoms with Gasteiger partial charge in [-0.15, -0.1) is 0 Å². The van der Waals surface area contributed by atoms with Crippen LogP contribution in [-0.2, 0) is 20.0 Å². The molecule has 3 rings (SSSR count). The molecule has 0 saturated heterocycles. The van der Waals surface area contributed by atoms with Crippen molar-refractivity contribution >= 4 is 27.4 Å². The average Bonchev–Trinajstić information content (AvgIpc) is 2.96. The number of fused-ring (bicyclic) bond motifs is 1. The Bertz CT molecular complexity index is 773. The Labute approximate surface area is 131 Å². The van der Waals surface area contributed by atoms with Gasteiger partial charge in [-0.05, 0) is 22.4 Å². The van der Waals surface area contributed by atoms with Crippen molar-refractivity contribution in [2.24, 2.45) is 0 Å². The first kappa shape index (κ1) is 17.9. The number of rotatable bonds is 1. The summed E-state index contributed by atoms with van der Waals surface area (Å²) in [6, 6.07) is 11.0. The quantitative estimate of drug-likeness (QED) is 0.585. The van der Waals surface area contributed by atoms with Crippen LogP contribution in [0.2, 0.25) is 0 Å². The van der Waals surface area contributed by atoms with Crippen LogP contribution >= 0.6 is 10.0 Å². The minimum atomic E-state index is -5.03. The van der Waals surface area contributed by atoms with Gasteiger partial charge in [-0.2, -0.15) is 0 Å². The summed E-state index contributed by atoms with van der Waals surface area (Å²) in [6.45, 7) is 0. The van der Waals surface area contributed by atoms with Gasteiger partial charge < -0.3 is 0 Å². The molecule has 0 fully saturated rings. The van der Waals surface area contributed by atoms with E-state index >= 15 is 0 Å². The van der Waals surface area contributed by atoms with E-state index in [1.165, 1.54) is 0 Å². The van der Waals surface area contributed by atoms with Gasteiger partial charge in [-0.25, -0.2) is 9.61 Å². The molecule has 8 nitrogen and oxygen atoms in total. The van der Waals surface area contributed by atoms with Gasteiger partial charge in [-0.3, -0.25) is 4.79 Å². The number of hydrogen-bond donors (Lipinski definition) is 0. The Morgan fingerprint density at radius 2 is 1.77 bits per heavy atom. The van der Waals surface area contributed by atoms with Crippen LogP contribution in [-0.4, -0.2) is 16.6 Å². The second-order valence-electron chi connectivity index (χ2n) is 3.57. The van der Waals surface area contributed by atoms with Crippen LogP contribution in [0.3, 0.4) is 0 Å². The monoisotopic (exact) mass is 363 g/mol. The van der Waals surface area contributed by atoms with E-state index in [9.17, 15) is 4.79 Å². The van der Waals surface area contributed by atoms with E-state index in [4.69, 9.17) is 11.8 Å². The van der Waals surface area contributed by atoms with E-state index in [1.807, 2.05) is 30.6 Å². The molecule has 0 aliphatic heterocycles. The molecule has 10 heteroatoms. The molecule has 116 valence electrons. The zero-order chi connectivity index (χ0) is 16.4. The topological polar surface area (TPSA) is 127 Å². The fourth-order valence-corrected chi connectivity index (χ4v) is 1.26. The van der Waals surface area contributed by atoms with E-state index in [-0.39, 0.29) is 0 Å². The number of pyridine rings is 1. The van der Waals surface area contributed by atoms with Gasteiger partial charge in [0.25, 0.3) is 0 Å². The van der Waals surface area contributed by atoms with Gasteiger partial charge in [-0.1, -0.05) is 12.1 Å². The Morgan fingerprint density at radius 3 is 2.23 bits per heavy atom. The average molecular weight is 364 g/mol. The molecule has 3 aromatic rings. The van der Waals surface area contributed by atoms with Gasteiger partial charge >= 0.3 is 34.2 Å². The summed E-state index contributed by atoms with van der Waals surface area (Å²) in [4.78, 5) is 13.3. The van der Waals surface area contributed by atoms with Gasteiger partial charge in [0.1, 0.15) is 11.0 Å². The summed E-state index contributed by atoms with van der Waals surface area (Å²) in [5.74, 6) is 0. The number of aldehydes is 1. The van der Waals surface area contributed by atoms with Gasteiger partial charge in [0, 0.05) is 17.7 Å². The number of nitrogens with one attached hydrogen (secondary N) is 1. The summed E-state index contributed by atoms with van der Waals surface area (Å²) in [7, 11) is 4.02. The van der Waals surface area contributed by atoms with Crippen molar-refractivity contribution in [1.29, 1.82) is 0 Å². The van der Waals surface area contributed by atoms with E-state index in [0.29, 0.717) is 16.6 Å². The van der Waals surface area contributed by atoms with Crippen LogP contribution in [0.4, 0.5) is 0 Å². The molecule has 1 aromatic carbocycles. The summed E-state index contributed by atoms with van der Waals surface area (Å²) < 4.78 is 31.2. The van der Waals surface area contributed by atoms with Gasteiger partial charge in [0.2, 0.25) is 0 Å². The third-order valence-corrected chi connectivity index (χ3v) is 2.05. The van der Waals surface area contributed by atoms with Crippen molar-refractivity contribution in [3.05, 3.63) is 54.4 Å². The summed E-state index contributed by atoms with van der Waals surface area (Å²) in [5, 5.41) is 7.15. The molecule has 2 heterocycles. The van der Waals surface area contributed by atoms with Crippen molar-refractivity contribution in [1.82, 2.24) is 10.3 Å². The molecule has 0 radical (unpaired) electrons. The van der Waals surface area contributed by atoms with Crippen LogP contribution < -0.4 is 9.14 Å². The number of aromatic nitrogens is 3. The predicted octanol–water partition coefficient (Wildman–Crippen LogP) is 0.796. The molecule has 0 saturated carbocycles. The third-order valence-electron chi connectivity index (χ3n) is 2.05. The number of carbonyl (C=O) groups is 1. The Balaban J connectivity index is 0.000000187. The summed E-state index contributed by atoms with van der Waals surface area (Å²) in [5.41, 5.74) is 1.63. The van der Waals surface area contributed by atoms with E-state index < -0.39 is 12.4 Å². The third kappa shape index (κ3) is 7.56. The summed E-state index contributed by atoms with van der Waals surface area (Å²) >= 11 is -5.03. The van der Waals surface area contributed by atoms with Crippen molar-refractivity contribution in [2.75, 3.05) is 0 Å². The SMILES string of the molecule is O=Cc1cccc2nonc12.[O]=[Cr](=[O])([O-])[Cl].c1cc[nH+]cc1. The normalized spacial score (nSPS) is 9.91. The molecule has 2 aromatic heterocycles. The molecule has 0 aliphatic rings. The van der Waals surface area contributed by atoms with Crippen molar-refractivity contribution < 1.29 is 38.5 Å². The van der Waals surface area contributed by atoms with Crippen LogP contribution in [0.15, 0.2) is 53.4 Å². The number of nitrogens with zero attached hydrogens (tertiary/aromatic N) is 2. The minimum Gasteiger partial charge on any atom is -0.218 e. The van der Waals surface area contributed by atoms with Crippen LogP contribution in [0.1, 0.15) is 10.4 Å². The standard InChI is InChI=1S/C7H4N2O2.C5H5N.ClH.Cr.3O/c10-4-5-2-1-3-6-7(5)9-11-8-6;1-2-4-6-5-3-1;;;;;/h1-4H;1-5H;1H;;;;/q;;;+1;;;-1. The Hall–Kier alpha value is -2.18. The first-order valence-corrected chi connectivity index (χ1v) is 8.96. The maximum Gasteiger partial charge on any atom is 0.166 e. The molecular weight excluding hydrogens is 354 g/mol. The summed E-state index contributed by atoms with van der Waals surface area (Å²) in [6.07, 6.45) is 4.48. The molecule has 0 atom stereocenters. The van der Waals surface area contributed by atoms with Gasteiger partial charge in [0.15, 0.2) is 18.7 Å². The van der Waals surface area contributed by atoms with Crippen LogP contribution in [0.25, 0.3) is 11.0 Å². The molecule has 0 spiro atoms. The zero-order valence-electron chi connectivity index (χ0n) is 10.9. The maximum atomic E-state index is 10.4. The Kier molecular flexibility index (Phi) is 7.28.